The van der Waals surface area contributed by atoms with Crippen molar-refractivity contribution in [2.24, 2.45) is 5.10 Å². The lowest BCUT2D eigenvalue weighted by molar-refractivity contribution is 0.314. The number of hydrogen-bond donors (Lipinski definition) is 0. The highest BCUT2D eigenvalue weighted by molar-refractivity contribution is 7.25. The number of pyridine rings is 1. The van der Waals surface area contributed by atoms with Crippen LogP contribution in [0.25, 0.3) is 20.4 Å². The van der Waals surface area contributed by atoms with Gasteiger partial charge in [-0.05, 0) is 19.1 Å². The second kappa shape index (κ2) is 6.45. The number of hydrogen-bond acceptors (Lipinski definition) is 6. The van der Waals surface area contributed by atoms with Gasteiger partial charge >= 0.3 is 0 Å². The topological polar surface area (TPSA) is 69.4 Å². The summed E-state index contributed by atoms with van der Waals surface area (Å²) in [5.41, 5.74) is 0.543. The van der Waals surface area contributed by atoms with Crippen LogP contribution in [0.4, 0.5) is 0 Å². The number of aromatic nitrogens is 3. The fourth-order valence-electron chi connectivity index (χ4n) is 2.38. The highest BCUT2D eigenvalue weighted by Gasteiger charge is 2.16. The minimum atomic E-state index is -0.166. The second-order valence-electron chi connectivity index (χ2n) is 4.91. The smallest absolute Gasteiger partial charge is 0.292 e. The molecular weight excluding hydrogens is 312 g/mol. The van der Waals surface area contributed by atoms with Crippen LogP contribution >= 0.6 is 11.3 Å². The van der Waals surface area contributed by atoms with Gasteiger partial charge in [-0.25, -0.2) is 9.97 Å². The van der Waals surface area contributed by atoms with Crippen molar-refractivity contribution in [3.63, 3.8) is 0 Å². The zero-order valence-corrected chi connectivity index (χ0v) is 14.2. The fraction of sp³-hybridized carbons (Fsp3) is 0.375. The van der Waals surface area contributed by atoms with Gasteiger partial charge < -0.3 is 4.74 Å². The Morgan fingerprint density at radius 2 is 2.22 bits per heavy atom. The van der Waals surface area contributed by atoms with Crippen molar-refractivity contribution in [1.29, 1.82) is 0 Å². The lowest BCUT2D eigenvalue weighted by atomic mass is 10.3. The molecule has 23 heavy (non-hydrogen) atoms. The van der Waals surface area contributed by atoms with E-state index in [0.29, 0.717) is 41.4 Å². The zero-order valence-electron chi connectivity index (χ0n) is 13.4. The minimum Gasteiger partial charge on any atom is -0.480 e. The average molecular weight is 330 g/mol. The summed E-state index contributed by atoms with van der Waals surface area (Å²) in [6.45, 7) is 6.32. The molecule has 0 N–H and O–H groups in total. The molecule has 0 bridgehead atoms. The molecular formula is C16H18N4O2S. The van der Waals surface area contributed by atoms with E-state index in [4.69, 9.17) is 4.74 Å². The molecule has 0 fully saturated rings. The molecule has 0 aliphatic heterocycles. The van der Waals surface area contributed by atoms with Gasteiger partial charge in [0.2, 0.25) is 5.90 Å². The molecule has 7 heteroatoms. The number of thiophene rings is 1. The monoisotopic (exact) mass is 330 g/mol. The first-order valence-electron chi connectivity index (χ1n) is 7.69. The van der Waals surface area contributed by atoms with E-state index >= 15 is 0 Å². The molecule has 0 saturated carbocycles. The highest BCUT2D eigenvalue weighted by atomic mass is 32.1. The van der Waals surface area contributed by atoms with E-state index in [2.05, 4.69) is 15.1 Å². The third-order valence-corrected chi connectivity index (χ3v) is 4.54. The Hall–Kier alpha value is -2.28. The molecule has 0 spiro atoms. The van der Waals surface area contributed by atoms with E-state index in [9.17, 15) is 4.79 Å². The fourth-order valence-corrected chi connectivity index (χ4v) is 3.38. The van der Waals surface area contributed by atoms with Crippen LogP contribution < -0.4 is 5.56 Å². The van der Waals surface area contributed by atoms with E-state index in [1.807, 2.05) is 32.9 Å². The summed E-state index contributed by atoms with van der Waals surface area (Å²) in [5, 5.41) is 5.29. The van der Waals surface area contributed by atoms with Gasteiger partial charge in [-0.3, -0.25) is 4.79 Å². The Kier molecular flexibility index (Phi) is 4.38. The Balaban J connectivity index is 2.32. The second-order valence-corrected chi connectivity index (χ2v) is 5.91. The van der Waals surface area contributed by atoms with E-state index in [1.165, 1.54) is 16.0 Å². The van der Waals surface area contributed by atoms with Crippen molar-refractivity contribution >= 4 is 37.7 Å². The Bertz CT molecular complexity index is 942. The Morgan fingerprint density at radius 1 is 1.39 bits per heavy atom. The molecule has 0 unspecified atom stereocenters. The number of rotatable bonds is 4. The lowest BCUT2D eigenvalue weighted by Crippen LogP contribution is -2.23. The predicted octanol–water partition coefficient (Wildman–Crippen LogP) is 3.18. The third-order valence-electron chi connectivity index (χ3n) is 3.45. The summed E-state index contributed by atoms with van der Waals surface area (Å²) < 4.78 is 7.42. The molecule has 3 rings (SSSR count). The van der Waals surface area contributed by atoms with Crippen molar-refractivity contribution < 1.29 is 4.74 Å². The molecule has 120 valence electrons. The van der Waals surface area contributed by atoms with Crippen LogP contribution in [-0.4, -0.2) is 27.1 Å². The van der Waals surface area contributed by atoms with Gasteiger partial charge in [0.15, 0.2) is 0 Å². The maximum Gasteiger partial charge on any atom is 0.292 e. The molecule has 3 aromatic rings. The quantitative estimate of drug-likeness (QED) is 0.544. The first-order chi connectivity index (χ1) is 11.2. The van der Waals surface area contributed by atoms with Crippen LogP contribution in [0, 0.1) is 0 Å². The van der Waals surface area contributed by atoms with E-state index < -0.39 is 0 Å². The molecule has 0 amide bonds. The van der Waals surface area contributed by atoms with E-state index in [-0.39, 0.29) is 5.56 Å². The molecule has 0 radical (unpaired) electrons. The van der Waals surface area contributed by atoms with Crippen LogP contribution in [0.1, 0.15) is 33.0 Å². The molecule has 3 heterocycles. The molecule has 0 saturated heterocycles. The highest BCUT2D eigenvalue weighted by Crippen LogP contribution is 2.28. The number of nitrogens with zero attached hydrogens (tertiary/aromatic N) is 4. The molecule has 0 aromatic carbocycles. The average Bonchev–Trinajstić information content (AvgIpc) is 2.95. The van der Waals surface area contributed by atoms with Crippen molar-refractivity contribution in [2.75, 3.05) is 6.61 Å². The van der Waals surface area contributed by atoms with Crippen LogP contribution in [0.15, 0.2) is 28.2 Å². The Labute approximate surface area is 137 Å². The SMILES string of the molecule is CCO/C(CC)=N\n1c(CC)nc2c(sc3ncccc32)c1=O. The predicted molar refractivity (Wildman–Crippen MR) is 93.3 cm³/mol. The van der Waals surface area contributed by atoms with Gasteiger partial charge in [0.05, 0.1) is 12.1 Å². The Morgan fingerprint density at radius 3 is 2.91 bits per heavy atom. The lowest BCUT2D eigenvalue weighted by Gasteiger charge is -2.09. The van der Waals surface area contributed by atoms with Crippen LogP contribution in [0.3, 0.4) is 0 Å². The first kappa shape index (κ1) is 15.6. The molecule has 0 aliphatic rings. The molecule has 0 atom stereocenters. The number of fused-ring (bicyclic) bond motifs is 3. The summed E-state index contributed by atoms with van der Waals surface area (Å²) in [5.74, 6) is 1.15. The van der Waals surface area contributed by atoms with Gasteiger partial charge in [0.25, 0.3) is 5.56 Å². The zero-order chi connectivity index (χ0) is 16.4. The summed E-state index contributed by atoms with van der Waals surface area (Å²) in [6.07, 6.45) is 2.95. The first-order valence-corrected chi connectivity index (χ1v) is 8.51. The number of aryl methyl sites for hydroxylation is 1. The molecule has 6 nitrogen and oxygen atoms in total. The van der Waals surface area contributed by atoms with Crippen molar-refractivity contribution in [1.82, 2.24) is 14.6 Å². The summed E-state index contributed by atoms with van der Waals surface area (Å²) in [7, 11) is 0. The minimum absolute atomic E-state index is 0.166. The summed E-state index contributed by atoms with van der Waals surface area (Å²) in [4.78, 5) is 22.7. The maximum absolute atomic E-state index is 12.9. The van der Waals surface area contributed by atoms with E-state index in [0.717, 1.165) is 10.2 Å². The molecule has 0 aliphatic carbocycles. The summed E-state index contributed by atoms with van der Waals surface area (Å²) in [6, 6.07) is 3.80. The third kappa shape index (κ3) is 2.72. The van der Waals surface area contributed by atoms with Crippen LogP contribution in [0.5, 0.6) is 0 Å². The van der Waals surface area contributed by atoms with Crippen molar-refractivity contribution in [3.05, 3.63) is 34.5 Å². The van der Waals surface area contributed by atoms with Gasteiger partial charge in [0.1, 0.15) is 15.4 Å². The van der Waals surface area contributed by atoms with Gasteiger partial charge in [-0.1, -0.05) is 13.8 Å². The number of ether oxygens (including phenoxy) is 1. The maximum atomic E-state index is 12.9. The van der Waals surface area contributed by atoms with Crippen molar-refractivity contribution in [2.45, 2.75) is 33.6 Å². The van der Waals surface area contributed by atoms with Crippen LogP contribution in [0.2, 0.25) is 0 Å². The standard InChI is InChI=1S/C16H18N4O2S/c1-4-11-18-13-10-8-7-9-17-15(10)23-14(13)16(21)20(11)19-12(5-2)22-6-3/h7-9H,4-6H2,1-3H3/b19-12-. The van der Waals surface area contributed by atoms with Gasteiger partial charge in [-0.15, -0.1) is 16.4 Å². The van der Waals surface area contributed by atoms with Gasteiger partial charge in [0, 0.05) is 24.4 Å². The van der Waals surface area contributed by atoms with Crippen LogP contribution in [-0.2, 0) is 11.2 Å². The van der Waals surface area contributed by atoms with E-state index in [1.54, 1.807) is 6.20 Å². The largest absolute Gasteiger partial charge is 0.480 e. The molecule has 3 aromatic heterocycles. The van der Waals surface area contributed by atoms with Gasteiger partial charge in [-0.2, -0.15) is 4.68 Å². The summed E-state index contributed by atoms with van der Waals surface area (Å²) >= 11 is 1.35. The van der Waals surface area contributed by atoms with Crippen molar-refractivity contribution in [3.8, 4) is 0 Å². The normalized spacial score (nSPS) is 12.2.